The molecule has 0 aromatic heterocycles. The summed E-state index contributed by atoms with van der Waals surface area (Å²) in [5, 5.41) is 0. The number of hydrogen-bond donors (Lipinski definition) is 1. The molecule has 0 saturated carbocycles. The lowest BCUT2D eigenvalue weighted by Gasteiger charge is -2.30. The van der Waals surface area contributed by atoms with Gasteiger partial charge in [0.1, 0.15) is 5.75 Å². The van der Waals surface area contributed by atoms with E-state index in [1.807, 2.05) is 24.3 Å². The smallest absolute Gasteiger partial charge is 0.260 e. The summed E-state index contributed by atoms with van der Waals surface area (Å²) >= 11 is 0. The van der Waals surface area contributed by atoms with E-state index in [4.69, 9.17) is 10.5 Å². The van der Waals surface area contributed by atoms with Crippen LogP contribution in [0.1, 0.15) is 12.0 Å². The standard InChI is InChI=1S/C12H16N2O2/c13-8-10-2-4-11(5-3-10)16-9-12(15)14-6-1-7-14/h2-5H,1,6-9,13H2. The number of rotatable bonds is 4. The van der Waals surface area contributed by atoms with Crippen LogP contribution in [-0.4, -0.2) is 30.5 Å². The summed E-state index contributed by atoms with van der Waals surface area (Å²) in [6.45, 7) is 2.39. The minimum atomic E-state index is 0.0640. The third-order valence-electron chi connectivity index (χ3n) is 2.73. The summed E-state index contributed by atoms with van der Waals surface area (Å²) in [5.41, 5.74) is 6.54. The molecule has 4 heteroatoms. The number of nitrogens with zero attached hydrogens (tertiary/aromatic N) is 1. The van der Waals surface area contributed by atoms with Gasteiger partial charge >= 0.3 is 0 Å². The van der Waals surface area contributed by atoms with E-state index in [0.717, 1.165) is 25.1 Å². The van der Waals surface area contributed by atoms with Crippen molar-refractivity contribution >= 4 is 5.91 Å². The van der Waals surface area contributed by atoms with Gasteiger partial charge in [0.15, 0.2) is 6.61 Å². The molecule has 1 fully saturated rings. The van der Waals surface area contributed by atoms with Crippen molar-refractivity contribution in [3.05, 3.63) is 29.8 Å². The minimum absolute atomic E-state index is 0.0640. The van der Waals surface area contributed by atoms with Crippen LogP contribution in [0.2, 0.25) is 0 Å². The Labute approximate surface area is 95.0 Å². The molecule has 16 heavy (non-hydrogen) atoms. The Bertz CT molecular complexity index is 358. The normalized spacial score (nSPS) is 14.4. The highest BCUT2D eigenvalue weighted by Gasteiger charge is 2.20. The van der Waals surface area contributed by atoms with Crippen molar-refractivity contribution in [2.45, 2.75) is 13.0 Å². The van der Waals surface area contributed by atoms with Gasteiger partial charge in [0.05, 0.1) is 0 Å². The van der Waals surface area contributed by atoms with E-state index in [1.165, 1.54) is 0 Å². The second-order valence-corrected chi connectivity index (χ2v) is 3.87. The summed E-state index contributed by atoms with van der Waals surface area (Å²) in [4.78, 5) is 13.3. The van der Waals surface area contributed by atoms with Crippen molar-refractivity contribution in [1.29, 1.82) is 0 Å². The fourth-order valence-corrected chi connectivity index (χ4v) is 1.52. The van der Waals surface area contributed by atoms with Gasteiger partial charge in [-0.3, -0.25) is 4.79 Å². The van der Waals surface area contributed by atoms with Gasteiger partial charge in [0.25, 0.3) is 5.91 Å². The predicted molar refractivity (Wildman–Crippen MR) is 61.0 cm³/mol. The van der Waals surface area contributed by atoms with Gasteiger partial charge in [-0.1, -0.05) is 12.1 Å². The van der Waals surface area contributed by atoms with Gasteiger partial charge < -0.3 is 15.4 Å². The molecule has 1 aliphatic rings. The van der Waals surface area contributed by atoms with Crippen molar-refractivity contribution < 1.29 is 9.53 Å². The van der Waals surface area contributed by atoms with Crippen LogP contribution in [0.5, 0.6) is 5.75 Å². The van der Waals surface area contributed by atoms with Crippen LogP contribution in [0, 0.1) is 0 Å². The quantitative estimate of drug-likeness (QED) is 0.815. The average Bonchev–Trinajstić information content (AvgIpc) is 2.25. The van der Waals surface area contributed by atoms with Crippen LogP contribution in [0.4, 0.5) is 0 Å². The molecular formula is C12H16N2O2. The molecule has 0 aliphatic carbocycles. The molecule has 2 N–H and O–H groups in total. The van der Waals surface area contributed by atoms with E-state index >= 15 is 0 Å². The molecule has 0 spiro atoms. The fraction of sp³-hybridized carbons (Fsp3) is 0.417. The number of amides is 1. The lowest BCUT2D eigenvalue weighted by Crippen LogP contribution is -2.44. The number of benzene rings is 1. The van der Waals surface area contributed by atoms with Crippen molar-refractivity contribution in [3.8, 4) is 5.75 Å². The molecule has 0 atom stereocenters. The van der Waals surface area contributed by atoms with Crippen molar-refractivity contribution in [2.24, 2.45) is 5.73 Å². The van der Waals surface area contributed by atoms with E-state index in [-0.39, 0.29) is 12.5 Å². The summed E-state index contributed by atoms with van der Waals surface area (Å²) in [6, 6.07) is 7.49. The molecule has 0 bridgehead atoms. The molecular weight excluding hydrogens is 204 g/mol. The van der Waals surface area contributed by atoms with E-state index in [1.54, 1.807) is 4.90 Å². The zero-order chi connectivity index (χ0) is 11.4. The first-order valence-electron chi connectivity index (χ1n) is 5.49. The van der Waals surface area contributed by atoms with E-state index in [0.29, 0.717) is 12.3 Å². The van der Waals surface area contributed by atoms with Crippen LogP contribution in [0.3, 0.4) is 0 Å². The van der Waals surface area contributed by atoms with E-state index in [9.17, 15) is 4.79 Å². The molecule has 0 radical (unpaired) electrons. The number of likely N-dealkylation sites (tertiary alicyclic amines) is 1. The lowest BCUT2D eigenvalue weighted by molar-refractivity contribution is -0.136. The van der Waals surface area contributed by atoms with Gasteiger partial charge in [-0.15, -0.1) is 0 Å². The Balaban J connectivity index is 1.81. The van der Waals surface area contributed by atoms with Gasteiger partial charge in [0, 0.05) is 19.6 Å². The monoisotopic (exact) mass is 220 g/mol. The first-order chi connectivity index (χ1) is 7.79. The van der Waals surface area contributed by atoms with Crippen LogP contribution in [0.25, 0.3) is 0 Å². The first kappa shape index (κ1) is 11.0. The Morgan fingerprint density at radius 2 is 2.00 bits per heavy atom. The summed E-state index contributed by atoms with van der Waals surface area (Å²) < 4.78 is 5.39. The number of carbonyl (C=O) groups excluding carboxylic acids is 1. The Morgan fingerprint density at radius 3 is 2.50 bits per heavy atom. The maximum atomic E-state index is 11.5. The largest absolute Gasteiger partial charge is 0.484 e. The highest BCUT2D eigenvalue weighted by molar-refractivity contribution is 5.78. The van der Waals surface area contributed by atoms with Crippen LogP contribution < -0.4 is 10.5 Å². The zero-order valence-electron chi connectivity index (χ0n) is 9.19. The molecule has 2 rings (SSSR count). The van der Waals surface area contributed by atoms with Crippen LogP contribution >= 0.6 is 0 Å². The van der Waals surface area contributed by atoms with Gasteiger partial charge in [-0.2, -0.15) is 0 Å². The van der Waals surface area contributed by atoms with Gasteiger partial charge in [-0.05, 0) is 24.1 Å². The van der Waals surface area contributed by atoms with Crippen LogP contribution in [0.15, 0.2) is 24.3 Å². The third kappa shape index (κ3) is 2.52. The third-order valence-corrected chi connectivity index (χ3v) is 2.73. The highest BCUT2D eigenvalue weighted by Crippen LogP contribution is 2.12. The number of hydrogen-bond acceptors (Lipinski definition) is 3. The molecule has 1 saturated heterocycles. The molecule has 1 heterocycles. The zero-order valence-corrected chi connectivity index (χ0v) is 9.19. The maximum absolute atomic E-state index is 11.5. The average molecular weight is 220 g/mol. The number of nitrogens with two attached hydrogens (primary N) is 1. The lowest BCUT2D eigenvalue weighted by atomic mass is 10.2. The van der Waals surface area contributed by atoms with Crippen LogP contribution in [-0.2, 0) is 11.3 Å². The number of carbonyl (C=O) groups is 1. The Kier molecular flexibility index (Phi) is 3.41. The topological polar surface area (TPSA) is 55.6 Å². The number of ether oxygens (including phenoxy) is 1. The minimum Gasteiger partial charge on any atom is -0.484 e. The van der Waals surface area contributed by atoms with Crippen molar-refractivity contribution in [2.75, 3.05) is 19.7 Å². The predicted octanol–water partition coefficient (Wildman–Crippen LogP) is 0.756. The Hall–Kier alpha value is -1.55. The first-order valence-corrected chi connectivity index (χ1v) is 5.49. The maximum Gasteiger partial charge on any atom is 0.260 e. The molecule has 4 nitrogen and oxygen atoms in total. The van der Waals surface area contributed by atoms with Gasteiger partial charge in [0.2, 0.25) is 0 Å². The Morgan fingerprint density at radius 1 is 1.31 bits per heavy atom. The molecule has 1 aliphatic heterocycles. The molecule has 1 aromatic carbocycles. The van der Waals surface area contributed by atoms with E-state index in [2.05, 4.69) is 0 Å². The summed E-state index contributed by atoms with van der Waals surface area (Å²) in [6.07, 6.45) is 1.11. The van der Waals surface area contributed by atoms with Crippen molar-refractivity contribution in [3.63, 3.8) is 0 Å². The second-order valence-electron chi connectivity index (χ2n) is 3.87. The molecule has 86 valence electrons. The van der Waals surface area contributed by atoms with E-state index < -0.39 is 0 Å². The second kappa shape index (κ2) is 4.99. The van der Waals surface area contributed by atoms with Gasteiger partial charge in [-0.25, -0.2) is 0 Å². The van der Waals surface area contributed by atoms with Crippen molar-refractivity contribution in [1.82, 2.24) is 4.90 Å². The SMILES string of the molecule is NCc1ccc(OCC(=O)N2CCC2)cc1. The fourth-order valence-electron chi connectivity index (χ4n) is 1.52. The highest BCUT2D eigenvalue weighted by atomic mass is 16.5. The summed E-state index contributed by atoms with van der Waals surface area (Å²) in [7, 11) is 0. The molecule has 1 aromatic rings. The molecule has 1 amide bonds. The summed E-state index contributed by atoms with van der Waals surface area (Å²) in [5.74, 6) is 0.778. The molecule has 0 unspecified atom stereocenters.